The van der Waals surface area contributed by atoms with E-state index in [0.29, 0.717) is 0 Å². The molecule has 0 heterocycles. The molecule has 0 atom stereocenters. The van der Waals surface area contributed by atoms with Crippen LogP contribution in [0.1, 0.15) is 18.9 Å². The van der Waals surface area contributed by atoms with Gasteiger partial charge in [-0.3, -0.25) is 0 Å². The summed E-state index contributed by atoms with van der Waals surface area (Å²) in [4.78, 5) is 4.85. The lowest BCUT2D eigenvalue weighted by atomic mass is 10.2. The fourth-order valence-electron chi connectivity index (χ4n) is 1.93. The number of hydrogen-bond donors (Lipinski definition) is 0. The van der Waals surface area contributed by atoms with Crippen LogP contribution in [0.15, 0.2) is 30.3 Å². The molecule has 0 radical (unpaired) electrons. The van der Waals surface area contributed by atoms with Crippen LogP contribution < -0.4 is 0 Å². The van der Waals surface area contributed by atoms with Gasteiger partial charge < -0.3 is 9.80 Å². The minimum Gasteiger partial charge on any atom is -0.305 e. The molecule has 1 rings (SSSR count). The number of likely N-dealkylation sites (N-methyl/N-ethyl adjacent to an activating group) is 2. The highest BCUT2D eigenvalue weighted by Gasteiger charge is 2.01. The third kappa shape index (κ3) is 8.30. The van der Waals surface area contributed by atoms with Crippen molar-refractivity contribution in [1.29, 1.82) is 0 Å². The Morgan fingerprint density at radius 1 is 0.895 bits per heavy atom. The molecular weight excluding hydrogens is 252 g/mol. The van der Waals surface area contributed by atoms with Crippen molar-refractivity contribution in [3.63, 3.8) is 0 Å². The Labute approximate surface area is 123 Å². The Morgan fingerprint density at radius 3 is 2.16 bits per heavy atom. The van der Waals surface area contributed by atoms with E-state index in [2.05, 4.69) is 61.2 Å². The van der Waals surface area contributed by atoms with Gasteiger partial charge in [-0.05, 0) is 32.6 Å². The van der Waals surface area contributed by atoms with Crippen molar-refractivity contribution in [2.24, 2.45) is 0 Å². The molecule has 0 fully saturated rings. The molecule has 1 aromatic rings. The third-order valence-corrected chi connectivity index (χ3v) is 4.21. The fraction of sp³-hybridized carbons (Fsp3) is 0.625. The predicted octanol–water partition coefficient (Wildman–Crippen LogP) is 3.19. The van der Waals surface area contributed by atoms with E-state index in [-0.39, 0.29) is 0 Å². The fourth-order valence-corrected chi connectivity index (χ4v) is 2.94. The number of benzene rings is 1. The van der Waals surface area contributed by atoms with E-state index in [4.69, 9.17) is 0 Å². The van der Waals surface area contributed by atoms with Crippen LogP contribution in [0.3, 0.4) is 0 Å². The first-order valence-electron chi connectivity index (χ1n) is 7.21. The second-order valence-corrected chi connectivity index (χ2v) is 6.25. The molecule has 0 N–H and O–H groups in total. The number of hydrogen-bond acceptors (Lipinski definition) is 3. The van der Waals surface area contributed by atoms with E-state index in [1.54, 1.807) is 0 Å². The summed E-state index contributed by atoms with van der Waals surface area (Å²) in [5, 5.41) is 0. The number of nitrogens with zero attached hydrogens (tertiary/aromatic N) is 2. The molecule has 0 spiro atoms. The molecule has 0 amide bonds. The van der Waals surface area contributed by atoms with Crippen LogP contribution in [-0.4, -0.2) is 55.8 Å². The Balaban J connectivity index is 2.02. The average molecular weight is 280 g/mol. The highest BCUT2D eigenvalue weighted by Crippen LogP contribution is 2.11. The first kappa shape index (κ1) is 16.5. The zero-order chi connectivity index (χ0) is 13.9. The molecule has 0 unspecified atom stereocenters. The summed E-state index contributed by atoms with van der Waals surface area (Å²) in [6.45, 7) is 6.96. The molecule has 0 aliphatic heterocycles. The smallest absolute Gasteiger partial charge is 0.0185 e. The summed E-state index contributed by atoms with van der Waals surface area (Å²) in [6, 6.07) is 10.7. The monoisotopic (exact) mass is 280 g/mol. The average Bonchev–Trinajstić information content (AvgIpc) is 2.43. The van der Waals surface area contributed by atoms with Crippen LogP contribution >= 0.6 is 11.8 Å². The molecule has 0 saturated carbocycles. The third-order valence-electron chi connectivity index (χ3n) is 3.20. The summed E-state index contributed by atoms with van der Waals surface area (Å²) < 4.78 is 0. The van der Waals surface area contributed by atoms with E-state index >= 15 is 0 Å². The first-order valence-corrected chi connectivity index (χ1v) is 8.36. The van der Waals surface area contributed by atoms with Crippen molar-refractivity contribution in [3.8, 4) is 0 Å². The minimum absolute atomic E-state index is 1.13. The molecule has 0 bridgehead atoms. The lowest BCUT2D eigenvalue weighted by molar-refractivity contribution is 0.265. The second kappa shape index (κ2) is 10.3. The van der Waals surface area contributed by atoms with E-state index in [1.807, 2.05) is 11.8 Å². The van der Waals surface area contributed by atoms with E-state index in [1.165, 1.54) is 43.9 Å². The first-order chi connectivity index (χ1) is 9.22. The molecule has 2 nitrogen and oxygen atoms in total. The van der Waals surface area contributed by atoms with Gasteiger partial charge >= 0.3 is 0 Å². The van der Waals surface area contributed by atoms with Crippen LogP contribution in [-0.2, 0) is 5.75 Å². The predicted molar refractivity (Wildman–Crippen MR) is 87.9 cm³/mol. The Kier molecular flexibility index (Phi) is 8.97. The van der Waals surface area contributed by atoms with E-state index in [9.17, 15) is 0 Å². The second-order valence-electron chi connectivity index (χ2n) is 5.14. The zero-order valence-corrected chi connectivity index (χ0v) is 13.5. The lowest BCUT2D eigenvalue weighted by Gasteiger charge is -2.21. The Hall–Kier alpha value is -0.510. The summed E-state index contributed by atoms with van der Waals surface area (Å²) in [5.74, 6) is 2.34. The van der Waals surface area contributed by atoms with E-state index < -0.39 is 0 Å². The summed E-state index contributed by atoms with van der Waals surface area (Å²) >= 11 is 2.02. The molecule has 0 saturated heterocycles. The van der Waals surface area contributed by atoms with Crippen molar-refractivity contribution in [1.82, 2.24) is 9.80 Å². The Bertz CT molecular complexity index is 316. The van der Waals surface area contributed by atoms with Crippen LogP contribution in [0.2, 0.25) is 0 Å². The number of thioether (sulfide) groups is 1. The zero-order valence-electron chi connectivity index (χ0n) is 12.6. The standard InChI is InChI=1S/C16H28N2S/c1-4-10-17(2)11-12-18(3)13-14-19-15-16-8-6-5-7-9-16/h5-9H,4,10-15H2,1-3H3. The maximum absolute atomic E-state index is 2.43. The van der Waals surface area contributed by atoms with Gasteiger partial charge in [0.1, 0.15) is 0 Å². The van der Waals surface area contributed by atoms with Gasteiger partial charge in [0, 0.05) is 31.1 Å². The van der Waals surface area contributed by atoms with Crippen molar-refractivity contribution >= 4 is 11.8 Å². The lowest BCUT2D eigenvalue weighted by Crippen LogP contribution is -2.32. The van der Waals surface area contributed by atoms with Crippen molar-refractivity contribution in [3.05, 3.63) is 35.9 Å². The van der Waals surface area contributed by atoms with Gasteiger partial charge in [0.05, 0.1) is 0 Å². The normalized spacial score (nSPS) is 11.4. The molecule has 19 heavy (non-hydrogen) atoms. The quantitative estimate of drug-likeness (QED) is 0.608. The molecule has 0 aromatic heterocycles. The van der Waals surface area contributed by atoms with Gasteiger partial charge in [-0.2, -0.15) is 11.8 Å². The minimum atomic E-state index is 1.13. The topological polar surface area (TPSA) is 6.48 Å². The van der Waals surface area contributed by atoms with Crippen LogP contribution in [0.4, 0.5) is 0 Å². The summed E-state index contributed by atoms with van der Waals surface area (Å²) in [6.07, 6.45) is 1.24. The van der Waals surface area contributed by atoms with Gasteiger partial charge in [-0.25, -0.2) is 0 Å². The highest BCUT2D eigenvalue weighted by atomic mass is 32.2. The summed E-state index contributed by atoms with van der Waals surface area (Å²) in [7, 11) is 4.43. The molecular formula is C16H28N2S. The largest absolute Gasteiger partial charge is 0.305 e. The van der Waals surface area contributed by atoms with Crippen molar-refractivity contribution in [2.75, 3.05) is 46.0 Å². The maximum Gasteiger partial charge on any atom is 0.0185 e. The molecule has 0 aliphatic rings. The van der Waals surface area contributed by atoms with Crippen molar-refractivity contribution < 1.29 is 0 Å². The number of rotatable bonds is 10. The molecule has 108 valence electrons. The van der Waals surface area contributed by atoms with Gasteiger partial charge in [0.2, 0.25) is 0 Å². The molecule has 1 aromatic carbocycles. The SMILES string of the molecule is CCCN(C)CCN(C)CCSCc1ccccc1. The van der Waals surface area contributed by atoms with Gasteiger partial charge in [-0.1, -0.05) is 37.3 Å². The Morgan fingerprint density at radius 2 is 1.53 bits per heavy atom. The van der Waals surface area contributed by atoms with E-state index in [0.717, 1.165) is 5.75 Å². The van der Waals surface area contributed by atoms with Gasteiger partial charge in [0.15, 0.2) is 0 Å². The van der Waals surface area contributed by atoms with Gasteiger partial charge in [0.25, 0.3) is 0 Å². The highest BCUT2D eigenvalue weighted by molar-refractivity contribution is 7.98. The molecule has 0 aliphatic carbocycles. The van der Waals surface area contributed by atoms with Crippen molar-refractivity contribution in [2.45, 2.75) is 19.1 Å². The summed E-state index contributed by atoms with van der Waals surface area (Å²) in [5.41, 5.74) is 1.43. The van der Waals surface area contributed by atoms with Crippen LogP contribution in [0.25, 0.3) is 0 Å². The van der Waals surface area contributed by atoms with Crippen LogP contribution in [0, 0.1) is 0 Å². The molecule has 3 heteroatoms. The maximum atomic E-state index is 2.43. The van der Waals surface area contributed by atoms with Crippen LogP contribution in [0.5, 0.6) is 0 Å². The van der Waals surface area contributed by atoms with Gasteiger partial charge in [-0.15, -0.1) is 0 Å².